The fourth-order valence-corrected chi connectivity index (χ4v) is 3.59. The number of carbonyl (C=O) groups excluding carboxylic acids is 1. The topological polar surface area (TPSA) is 112 Å². The van der Waals surface area contributed by atoms with Crippen molar-refractivity contribution >= 4 is 23.2 Å². The summed E-state index contributed by atoms with van der Waals surface area (Å²) in [7, 11) is 1.68. The molecule has 1 aromatic carbocycles. The van der Waals surface area contributed by atoms with Crippen molar-refractivity contribution in [3.8, 4) is 10.8 Å². The van der Waals surface area contributed by atoms with Gasteiger partial charge in [0.15, 0.2) is 10.8 Å². The van der Waals surface area contributed by atoms with Crippen molar-refractivity contribution in [1.29, 1.82) is 0 Å². The van der Waals surface area contributed by atoms with Crippen LogP contribution in [0.1, 0.15) is 38.2 Å². The van der Waals surface area contributed by atoms with Gasteiger partial charge in [0.1, 0.15) is 11.2 Å². The fraction of sp³-hybridized carbons (Fsp3) is 0.235. The molecule has 0 aliphatic rings. The number of aromatic amines is 1. The Morgan fingerprint density at radius 1 is 1.35 bits per heavy atom. The first-order chi connectivity index (χ1) is 12.5. The zero-order valence-electron chi connectivity index (χ0n) is 14.3. The number of thiazole rings is 1. The number of nitrogens with zero attached hydrogens (tertiary/aromatic N) is 4. The summed E-state index contributed by atoms with van der Waals surface area (Å²) in [4.78, 5) is 34.6. The van der Waals surface area contributed by atoms with Crippen LogP contribution in [0, 0.1) is 0 Å². The Balaban J connectivity index is 1.82. The van der Waals surface area contributed by atoms with Gasteiger partial charge in [-0.2, -0.15) is 5.10 Å². The van der Waals surface area contributed by atoms with E-state index in [4.69, 9.17) is 5.11 Å². The lowest BCUT2D eigenvalue weighted by atomic mass is 10.1. The molecular formula is C17H17N5O3S. The number of aromatic nitrogens is 4. The summed E-state index contributed by atoms with van der Waals surface area (Å²) in [5.41, 5.74) is 1.65. The predicted molar refractivity (Wildman–Crippen MR) is 96.1 cm³/mol. The predicted octanol–water partition coefficient (Wildman–Crippen LogP) is 2.46. The van der Waals surface area contributed by atoms with Crippen LogP contribution < -0.4 is 0 Å². The first kappa shape index (κ1) is 17.7. The van der Waals surface area contributed by atoms with Gasteiger partial charge >= 0.3 is 5.97 Å². The number of amides is 1. The number of rotatable bonds is 6. The maximum absolute atomic E-state index is 12.9. The minimum absolute atomic E-state index is 0.161. The highest BCUT2D eigenvalue weighted by Crippen LogP contribution is 2.27. The Labute approximate surface area is 153 Å². The van der Waals surface area contributed by atoms with Gasteiger partial charge in [-0.1, -0.05) is 19.1 Å². The van der Waals surface area contributed by atoms with Gasteiger partial charge in [0.05, 0.1) is 11.3 Å². The van der Waals surface area contributed by atoms with Crippen LogP contribution in [0.5, 0.6) is 0 Å². The smallest absolute Gasteiger partial charge is 0.335 e. The normalized spacial score (nSPS) is 10.7. The molecule has 2 heterocycles. The van der Waals surface area contributed by atoms with Gasteiger partial charge in [-0.05, 0) is 24.1 Å². The van der Waals surface area contributed by atoms with E-state index in [1.54, 1.807) is 30.1 Å². The molecule has 8 nitrogen and oxygen atoms in total. The maximum Gasteiger partial charge on any atom is 0.335 e. The van der Waals surface area contributed by atoms with Crippen LogP contribution in [0.4, 0.5) is 0 Å². The van der Waals surface area contributed by atoms with E-state index in [0.717, 1.165) is 5.56 Å². The van der Waals surface area contributed by atoms with Crippen molar-refractivity contribution in [2.45, 2.75) is 19.9 Å². The van der Waals surface area contributed by atoms with Crippen molar-refractivity contribution in [2.75, 3.05) is 7.05 Å². The summed E-state index contributed by atoms with van der Waals surface area (Å²) in [5.74, 6) is -0.625. The molecule has 2 aromatic heterocycles. The van der Waals surface area contributed by atoms with Crippen molar-refractivity contribution in [3.63, 3.8) is 0 Å². The molecule has 0 fully saturated rings. The standard InChI is InChI=1S/C17H17N5O3S/c1-3-12-13(26-15(20-12)14-18-9-19-21-14)16(23)22(2)8-10-5-4-6-11(7-10)17(24)25/h4-7,9H,3,8H2,1-2H3,(H,24,25)(H,18,19,21). The van der Waals surface area contributed by atoms with Gasteiger partial charge < -0.3 is 10.0 Å². The van der Waals surface area contributed by atoms with Gasteiger partial charge in [-0.25, -0.2) is 14.8 Å². The Hall–Kier alpha value is -3.07. The third kappa shape index (κ3) is 3.62. The number of nitrogens with one attached hydrogen (secondary N) is 1. The summed E-state index contributed by atoms with van der Waals surface area (Å²) >= 11 is 1.27. The van der Waals surface area contributed by atoms with Crippen molar-refractivity contribution in [1.82, 2.24) is 25.1 Å². The highest BCUT2D eigenvalue weighted by molar-refractivity contribution is 7.17. The van der Waals surface area contributed by atoms with Gasteiger partial charge in [-0.3, -0.25) is 9.89 Å². The number of carboxylic acid groups (broad SMARTS) is 1. The van der Waals surface area contributed by atoms with Gasteiger partial charge in [0.2, 0.25) is 0 Å². The average Bonchev–Trinajstić information content (AvgIpc) is 3.30. The van der Waals surface area contributed by atoms with Crippen molar-refractivity contribution < 1.29 is 14.7 Å². The second-order valence-electron chi connectivity index (χ2n) is 5.65. The van der Waals surface area contributed by atoms with Gasteiger partial charge in [-0.15, -0.1) is 11.3 Å². The number of hydrogen-bond acceptors (Lipinski definition) is 6. The van der Waals surface area contributed by atoms with Crippen LogP contribution in [0.15, 0.2) is 30.6 Å². The van der Waals surface area contributed by atoms with E-state index in [1.165, 1.54) is 23.7 Å². The van der Waals surface area contributed by atoms with Crippen molar-refractivity contribution in [2.24, 2.45) is 0 Å². The molecule has 0 aliphatic heterocycles. The average molecular weight is 371 g/mol. The molecular weight excluding hydrogens is 354 g/mol. The lowest BCUT2D eigenvalue weighted by Crippen LogP contribution is -2.26. The number of hydrogen-bond donors (Lipinski definition) is 2. The lowest BCUT2D eigenvalue weighted by molar-refractivity contribution is 0.0696. The van der Waals surface area contributed by atoms with E-state index in [-0.39, 0.29) is 11.5 Å². The second-order valence-corrected chi connectivity index (χ2v) is 6.65. The van der Waals surface area contributed by atoms with Crippen LogP contribution in [-0.2, 0) is 13.0 Å². The molecule has 1 amide bonds. The summed E-state index contributed by atoms with van der Waals surface area (Å²) in [6.45, 7) is 2.24. The molecule has 134 valence electrons. The molecule has 0 saturated carbocycles. The summed E-state index contributed by atoms with van der Waals surface area (Å²) < 4.78 is 0. The molecule has 0 unspecified atom stereocenters. The third-order valence-corrected chi connectivity index (χ3v) is 4.88. The Morgan fingerprint density at radius 3 is 2.81 bits per heavy atom. The van der Waals surface area contributed by atoms with E-state index in [2.05, 4.69) is 20.2 Å². The monoisotopic (exact) mass is 371 g/mol. The molecule has 0 atom stereocenters. The van der Waals surface area contributed by atoms with Crippen LogP contribution in [-0.4, -0.2) is 49.1 Å². The first-order valence-electron chi connectivity index (χ1n) is 7.92. The Bertz CT molecular complexity index is 936. The molecule has 0 bridgehead atoms. The maximum atomic E-state index is 12.9. The third-order valence-electron chi connectivity index (χ3n) is 3.78. The highest BCUT2D eigenvalue weighted by Gasteiger charge is 2.22. The fourth-order valence-electron chi connectivity index (χ4n) is 2.49. The van der Waals surface area contributed by atoms with Crippen LogP contribution in [0.3, 0.4) is 0 Å². The van der Waals surface area contributed by atoms with Crippen molar-refractivity contribution in [3.05, 3.63) is 52.3 Å². The molecule has 26 heavy (non-hydrogen) atoms. The molecule has 0 saturated heterocycles. The van der Waals surface area contributed by atoms with E-state index < -0.39 is 5.97 Å². The van der Waals surface area contributed by atoms with E-state index in [9.17, 15) is 9.59 Å². The Morgan fingerprint density at radius 2 is 2.15 bits per heavy atom. The lowest BCUT2D eigenvalue weighted by Gasteiger charge is -2.17. The number of aryl methyl sites for hydroxylation is 1. The van der Waals surface area contributed by atoms with E-state index in [1.807, 2.05) is 6.92 Å². The minimum Gasteiger partial charge on any atom is -0.478 e. The number of benzene rings is 1. The Kier molecular flexibility index (Phi) is 5.08. The zero-order chi connectivity index (χ0) is 18.7. The summed E-state index contributed by atoms with van der Waals surface area (Å²) in [5, 5.41) is 16.3. The first-order valence-corrected chi connectivity index (χ1v) is 8.74. The van der Waals surface area contributed by atoms with Gasteiger partial charge in [0, 0.05) is 13.6 Å². The highest BCUT2D eigenvalue weighted by atomic mass is 32.1. The number of aromatic carboxylic acids is 1. The molecule has 0 aliphatic carbocycles. The van der Waals surface area contributed by atoms with E-state index >= 15 is 0 Å². The molecule has 0 spiro atoms. The molecule has 3 rings (SSSR count). The second kappa shape index (κ2) is 7.44. The van der Waals surface area contributed by atoms with Crippen LogP contribution in [0.25, 0.3) is 10.8 Å². The van der Waals surface area contributed by atoms with Crippen LogP contribution in [0.2, 0.25) is 0 Å². The van der Waals surface area contributed by atoms with Crippen LogP contribution >= 0.6 is 11.3 Å². The van der Waals surface area contributed by atoms with Gasteiger partial charge in [0.25, 0.3) is 5.91 Å². The molecule has 9 heteroatoms. The SMILES string of the molecule is CCc1nc(-c2ncn[nH]2)sc1C(=O)N(C)Cc1cccc(C(=O)O)c1. The molecule has 0 radical (unpaired) electrons. The number of carbonyl (C=O) groups is 2. The minimum atomic E-state index is -0.992. The number of carboxylic acids is 1. The number of H-pyrrole nitrogens is 1. The summed E-state index contributed by atoms with van der Waals surface area (Å²) in [6.07, 6.45) is 2.01. The van der Waals surface area contributed by atoms with E-state index in [0.29, 0.717) is 34.4 Å². The molecule has 3 aromatic rings. The zero-order valence-corrected chi connectivity index (χ0v) is 15.1. The molecule has 2 N–H and O–H groups in total. The summed E-state index contributed by atoms with van der Waals surface area (Å²) in [6, 6.07) is 6.56. The largest absolute Gasteiger partial charge is 0.478 e. The quantitative estimate of drug-likeness (QED) is 0.688.